The van der Waals surface area contributed by atoms with Crippen LogP contribution in [-0.4, -0.2) is 58.6 Å². The van der Waals surface area contributed by atoms with Crippen molar-refractivity contribution in [1.29, 1.82) is 0 Å². The molecule has 1 atom stereocenters. The summed E-state index contributed by atoms with van der Waals surface area (Å²) in [5.41, 5.74) is 0. The number of halogens is 1. The number of nitrogens with zero attached hydrogens (tertiary/aromatic N) is 1. The van der Waals surface area contributed by atoms with Crippen molar-refractivity contribution in [3.63, 3.8) is 0 Å². The molecule has 0 radical (unpaired) electrons. The van der Waals surface area contributed by atoms with Crippen LogP contribution < -0.4 is 14.8 Å². The van der Waals surface area contributed by atoms with Gasteiger partial charge in [-0.2, -0.15) is 4.72 Å². The summed E-state index contributed by atoms with van der Waals surface area (Å²) in [5, 5.41) is 3.09. The molecule has 1 heterocycles. The van der Waals surface area contributed by atoms with E-state index in [2.05, 4.69) is 14.9 Å². The molecule has 0 unspecified atom stereocenters. The second-order valence-electron chi connectivity index (χ2n) is 6.23. The summed E-state index contributed by atoms with van der Waals surface area (Å²) in [4.78, 5) is 14.5. The molecule has 1 aromatic rings. The van der Waals surface area contributed by atoms with Crippen molar-refractivity contribution in [3.8, 4) is 5.75 Å². The van der Waals surface area contributed by atoms with Crippen molar-refractivity contribution in [2.45, 2.75) is 36.7 Å². The summed E-state index contributed by atoms with van der Waals surface area (Å²) in [7, 11) is -0.377. The van der Waals surface area contributed by atoms with Crippen LogP contribution in [0, 0.1) is 0 Å². The quantitative estimate of drug-likeness (QED) is 0.764. The third-order valence-electron chi connectivity index (χ3n) is 4.22. The average molecular weight is 390 g/mol. The van der Waals surface area contributed by atoms with E-state index in [0.29, 0.717) is 5.75 Å². The molecule has 1 aromatic carbocycles. The molecule has 7 nitrogen and oxygen atoms in total. The predicted octanol–water partition coefficient (Wildman–Crippen LogP) is 1.23. The van der Waals surface area contributed by atoms with Gasteiger partial charge in [-0.1, -0.05) is 11.6 Å². The number of benzene rings is 1. The van der Waals surface area contributed by atoms with Gasteiger partial charge in [0.1, 0.15) is 5.75 Å². The molecule has 1 amide bonds. The Kier molecular flexibility index (Phi) is 6.67. The van der Waals surface area contributed by atoms with Crippen molar-refractivity contribution in [2.24, 2.45) is 0 Å². The number of hydrogen-bond donors (Lipinski definition) is 2. The first-order valence-electron chi connectivity index (χ1n) is 8.07. The molecule has 1 saturated heterocycles. The number of hydrogen-bond acceptors (Lipinski definition) is 5. The van der Waals surface area contributed by atoms with Gasteiger partial charge < -0.3 is 15.0 Å². The molecule has 140 valence electrons. The molecule has 0 spiro atoms. The van der Waals surface area contributed by atoms with E-state index in [-0.39, 0.29) is 21.9 Å². The Balaban J connectivity index is 1.99. The number of piperidine rings is 1. The summed E-state index contributed by atoms with van der Waals surface area (Å²) in [6, 6.07) is 3.34. The van der Waals surface area contributed by atoms with Gasteiger partial charge in [0.25, 0.3) is 0 Å². The average Bonchev–Trinajstić information content (AvgIpc) is 2.56. The summed E-state index contributed by atoms with van der Waals surface area (Å²) < 4.78 is 32.3. The number of ether oxygens (including phenoxy) is 1. The lowest BCUT2D eigenvalue weighted by Gasteiger charge is -2.30. The zero-order valence-corrected chi connectivity index (χ0v) is 16.2. The smallest absolute Gasteiger partial charge is 0.241 e. The monoisotopic (exact) mass is 389 g/mol. The summed E-state index contributed by atoms with van der Waals surface area (Å²) in [5.74, 6) is 0.0476. The zero-order chi connectivity index (χ0) is 18.6. The van der Waals surface area contributed by atoms with E-state index < -0.39 is 16.1 Å². The lowest BCUT2D eigenvalue weighted by Crippen LogP contribution is -2.50. The fourth-order valence-electron chi connectivity index (χ4n) is 2.65. The molecule has 2 rings (SSSR count). The van der Waals surface area contributed by atoms with Crippen LogP contribution in [-0.2, 0) is 14.8 Å². The minimum atomic E-state index is -3.86. The van der Waals surface area contributed by atoms with Crippen LogP contribution in [0.3, 0.4) is 0 Å². The first kappa shape index (κ1) is 20.0. The summed E-state index contributed by atoms with van der Waals surface area (Å²) in [6.45, 7) is 3.35. The zero-order valence-electron chi connectivity index (χ0n) is 14.6. The lowest BCUT2D eigenvalue weighted by atomic mass is 10.1. The number of methoxy groups -OCH3 is 1. The molecule has 2 N–H and O–H groups in total. The van der Waals surface area contributed by atoms with E-state index in [1.807, 2.05) is 7.05 Å². The van der Waals surface area contributed by atoms with E-state index >= 15 is 0 Å². The van der Waals surface area contributed by atoms with E-state index in [4.69, 9.17) is 16.3 Å². The lowest BCUT2D eigenvalue weighted by molar-refractivity contribution is -0.123. The highest BCUT2D eigenvalue weighted by Gasteiger charge is 2.25. The van der Waals surface area contributed by atoms with Crippen LogP contribution in [0.2, 0.25) is 5.02 Å². The fraction of sp³-hybridized carbons (Fsp3) is 0.562. The van der Waals surface area contributed by atoms with Gasteiger partial charge in [-0.15, -0.1) is 0 Å². The number of rotatable bonds is 6. The van der Waals surface area contributed by atoms with Crippen LogP contribution in [0.4, 0.5) is 0 Å². The van der Waals surface area contributed by atoms with E-state index in [1.165, 1.54) is 32.2 Å². The van der Waals surface area contributed by atoms with Gasteiger partial charge >= 0.3 is 0 Å². The Morgan fingerprint density at radius 2 is 2.00 bits per heavy atom. The number of carbonyl (C=O) groups excluding carboxylic acids is 1. The molecule has 1 aliphatic rings. The minimum Gasteiger partial charge on any atom is -0.495 e. The van der Waals surface area contributed by atoms with E-state index in [0.717, 1.165) is 25.9 Å². The number of amides is 1. The highest BCUT2D eigenvalue weighted by molar-refractivity contribution is 7.89. The van der Waals surface area contributed by atoms with Gasteiger partial charge in [0.2, 0.25) is 15.9 Å². The SMILES string of the molecule is COc1ccc(S(=O)(=O)N[C@@H](C)C(=O)NC2CCN(C)CC2)cc1Cl. The molecule has 1 aliphatic heterocycles. The van der Waals surface area contributed by atoms with Crippen LogP contribution in [0.5, 0.6) is 5.75 Å². The molecular weight excluding hydrogens is 366 g/mol. The number of nitrogens with one attached hydrogen (secondary N) is 2. The maximum Gasteiger partial charge on any atom is 0.241 e. The third kappa shape index (κ3) is 5.31. The summed E-state index contributed by atoms with van der Waals surface area (Å²) >= 11 is 5.97. The first-order chi connectivity index (χ1) is 11.7. The maximum atomic E-state index is 12.4. The number of likely N-dealkylation sites (tertiary alicyclic amines) is 1. The maximum absolute atomic E-state index is 12.4. The summed E-state index contributed by atoms with van der Waals surface area (Å²) in [6.07, 6.45) is 1.71. The second kappa shape index (κ2) is 8.35. The van der Waals surface area contributed by atoms with Gasteiger partial charge in [0, 0.05) is 6.04 Å². The van der Waals surface area contributed by atoms with Crippen molar-refractivity contribution < 1.29 is 17.9 Å². The van der Waals surface area contributed by atoms with Crippen LogP contribution in [0.15, 0.2) is 23.1 Å². The van der Waals surface area contributed by atoms with Gasteiger partial charge in [-0.3, -0.25) is 4.79 Å². The first-order valence-corrected chi connectivity index (χ1v) is 9.94. The highest BCUT2D eigenvalue weighted by atomic mass is 35.5. The Morgan fingerprint density at radius 1 is 1.36 bits per heavy atom. The van der Waals surface area contributed by atoms with Gasteiger partial charge in [-0.25, -0.2) is 8.42 Å². The van der Waals surface area contributed by atoms with Crippen LogP contribution >= 0.6 is 11.6 Å². The molecule has 0 bridgehead atoms. The molecular formula is C16H24ClN3O4S. The predicted molar refractivity (Wildman–Crippen MR) is 96.4 cm³/mol. The third-order valence-corrected chi connectivity index (χ3v) is 6.06. The minimum absolute atomic E-state index is 0.0164. The molecule has 1 fully saturated rings. The van der Waals surface area contributed by atoms with Crippen molar-refractivity contribution in [3.05, 3.63) is 23.2 Å². The molecule has 0 aliphatic carbocycles. The standard InChI is InChI=1S/C16H24ClN3O4S/c1-11(16(21)18-12-6-8-20(2)9-7-12)19-25(22,23)13-4-5-15(24-3)14(17)10-13/h4-5,10-12,19H,6-9H2,1-3H3,(H,18,21)/t11-/m0/s1. The second-order valence-corrected chi connectivity index (χ2v) is 8.35. The van der Waals surface area contributed by atoms with Crippen molar-refractivity contribution >= 4 is 27.5 Å². The fourth-order valence-corrected chi connectivity index (χ4v) is 4.20. The van der Waals surface area contributed by atoms with Crippen molar-refractivity contribution in [2.75, 3.05) is 27.2 Å². The van der Waals surface area contributed by atoms with Crippen LogP contribution in [0.25, 0.3) is 0 Å². The largest absolute Gasteiger partial charge is 0.495 e. The van der Waals surface area contributed by atoms with Crippen LogP contribution in [0.1, 0.15) is 19.8 Å². The normalized spacial score (nSPS) is 17.9. The number of carbonyl (C=O) groups is 1. The Labute approximate surface area is 153 Å². The van der Waals surface area contributed by atoms with Gasteiger partial charge in [-0.05, 0) is 58.1 Å². The highest BCUT2D eigenvalue weighted by Crippen LogP contribution is 2.26. The van der Waals surface area contributed by atoms with Gasteiger partial charge in [0.15, 0.2) is 0 Å². The Morgan fingerprint density at radius 3 is 2.56 bits per heavy atom. The van der Waals surface area contributed by atoms with Crippen molar-refractivity contribution in [1.82, 2.24) is 14.9 Å². The Hall–Kier alpha value is -1.35. The van der Waals surface area contributed by atoms with E-state index in [9.17, 15) is 13.2 Å². The molecule has 25 heavy (non-hydrogen) atoms. The Bertz CT molecular complexity index is 718. The number of sulfonamides is 1. The molecule has 9 heteroatoms. The van der Waals surface area contributed by atoms with E-state index in [1.54, 1.807) is 0 Å². The van der Waals surface area contributed by atoms with Gasteiger partial charge in [0.05, 0.1) is 23.1 Å². The topological polar surface area (TPSA) is 87.7 Å². The molecule has 0 saturated carbocycles. The molecule has 0 aromatic heterocycles.